The van der Waals surface area contributed by atoms with Crippen molar-refractivity contribution in [2.45, 2.75) is 12.5 Å². The quantitative estimate of drug-likeness (QED) is 0.886. The molecule has 0 spiro atoms. The van der Waals surface area contributed by atoms with Gasteiger partial charge in [-0.05, 0) is 12.1 Å². The maximum absolute atomic E-state index is 6.45. The molecule has 0 fully saturated rings. The van der Waals surface area contributed by atoms with E-state index in [-0.39, 0.29) is 12.0 Å². The highest BCUT2D eigenvalue weighted by molar-refractivity contribution is 6.34. The molecule has 2 N–H and O–H groups in total. The van der Waals surface area contributed by atoms with Crippen LogP contribution in [-0.2, 0) is 0 Å². The Labute approximate surface area is 151 Å². The summed E-state index contributed by atoms with van der Waals surface area (Å²) in [6.07, 6.45) is 4.60. The Morgan fingerprint density at radius 1 is 1.28 bits per heavy atom. The van der Waals surface area contributed by atoms with Gasteiger partial charge in [-0.1, -0.05) is 29.8 Å². The number of hydrazone groups is 2. The number of nitrogens with zero attached hydrogens (tertiary/aromatic N) is 4. The van der Waals surface area contributed by atoms with E-state index < -0.39 is 0 Å². The summed E-state index contributed by atoms with van der Waals surface area (Å²) in [7, 11) is 1.86. The van der Waals surface area contributed by atoms with Gasteiger partial charge in [-0.25, -0.2) is 4.98 Å². The maximum atomic E-state index is 6.45. The third kappa shape index (κ3) is 3.05. The van der Waals surface area contributed by atoms with E-state index >= 15 is 0 Å². The minimum Gasteiger partial charge on any atom is -0.373 e. The van der Waals surface area contributed by atoms with E-state index in [4.69, 9.17) is 16.7 Å². The molecule has 2 aliphatic heterocycles. The summed E-state index contributed by atoms with van der Waals surface area (Å²) in [6, 6.07) is 12.1. The van der Waals surface area contributed by atoms with Crippen LogP contribution in [0.3, 0.4) is 0 Å². The van der Waals surface area contributed by atoms with Crippen LogP contribution in [0.5, 0.6) is 0 Å². The second-order valence-corrected chi connectivity index (χ2v) is 6.49. The number of hydrogen-bond acceptors (Lipinski definition) is 6. The third-order valence-electron chi connectivity index (χ3n) is 4.57. The fourth-order valence-electron chi connectivity index (χ4n) is 3.26. The number of anilines is 2. The van der Waals surface area contributed by atoms with E-state index in [1.807, 2.05) is 54.7 Å². The lowest BCUT2D eigenvalue weighted by molar-refractivity contribution is 0.487. The van der Waals surface area contributed by atoms with Crippen LogP contribution in [0.2, 0.25) is 5.02 Å². The number of halogens is 1. The molecule has 6 nitrogen and oxygen atoms in total. The van der Waals surface area contributed by atoms with Gasteiger partial charge in [0.2, 0.25) is 0 Å². The summed E-state index contributed by atoms with van der Waals surface area (Å²) in [5.74, 6) is 1.02. The highest BCUT2D eigenvalue weighted by Gasteiger charge is 2.36. The Hall–Kier alpha value is -2.60. The van der Waals surface area contributed by atoms with Crippen LogP contribution in [0, 0.1) is 5.92 Å². The predicted molar refractivity (Wildman–Crippen MR) is 103 cm³/mol. The Morgan fingerprint density at radius 3 is 2.92 bits per heavy atom. The van der Waals surface area contributed by atoms with Crippen LogP contribution >= 0.6 is 11.6 Å². The molecule has 25 heavy (non-hydrogen) atoms. The standard InChI is InChI=1S/C18H19ClN6/c1-20-17-10-12(6-8-21-17)25-11-14(16-7-9-22-23-16)18(24-25)13-4-2-3-5-15(13)19/h2-6,8-10,14,16,23H,7,11H2,1H3,(H,20,21). The van der Waals surface area contributed by atoms with E-state index in [0.29, 0.717) is 0 Å². The number of aromatic nitrogens is 1. The van der Waals surface area contributed by atoms with Crippen LogP contribution in [0.25, 0.3) is 0 Å². The van der Waals surface area contributed by atoms with E-state index in [2.05, 4.69) is 20.8 Å². The van der Waals surface area contributed by atoms with Crippen molar-refractivity contribution in [1.29, 1.82) is 0 Å². The lowest BCUT2D eigenvalue weighted by Gasteiger charge is -2.21. The molecule has 0 radical (unpaired) electrons. The van der Waals surface area contributed by atoms with E-state index in [1.54, 1.807) is 6.20 Å². The van der Waals surface area contributed by atoms with Gasteiger partial charge in [-0.2, -0.15) is 10.2 Å². The third-order valence-corrected chi connectivity index (χ3v) is 4.90. The van der Waals surface area contributed by atoms with Gasteiger partial charge >= 0.3 is 0 Å². The molecule has 7 heteroatoms. The summed E-state index contributed by atoms with van der Waals surface area (Å²) < 4.78 is 0. The average molecular weight is 355 g/mol. The molecule has 0 amide bonds. The molecule has 0 saturated heterocycles. The smallest absolute Gasteiger partial charge is 0.127 e. The molecule has 0 saturated carbocycles. The average Bonchev–Trinajstić information content (AvgIpc) is 3.31. The molecule has 0 bridgehead atoms. The summed E-state index contributed by atoms with van der Waals surface area (Å²) in [4.78, 5) is 4.28. The van der Waals surface area contributed by atoms with Crippen molar-refractivity contribution >= 4 is 35.0 Å². The summed E-state index contributed by atoms with van der Waals surface area (Å²) in [5, 5.41) is 14.9. The fourth-order valence-corrected chi connectivity index (χ4v) is 3.49. The Bertz CT molecular complexity index is 826. The first-order valence-corrected chi connectivity index (χ1v) is 8.66. The predicted octanol–water partition coefficient (Wildman–Crippen LogP) is 2.96. The topological polar surface area (TPSA) is 64.9 Å². The van der Waals surface area contributed by atoms with Gasteiger partial charge < -0.3 is 10.7 Å². The zero-order valence-corrected chi connectivity index (χ0v) is 14.6. The summed E-state index contributed by atoms with van der Waals surface area (Å²) in [6.45, 7) is 0.773. The molecule has 4 rings (SSSR count). The molecule has 128 valence electrons. The molecular formula is C18H19ClN6. The molecule has 0 aliphatic carbocycles. The lowest BCUT2D eigenvalue weighted by atomic mass is 9.90. The van der Waals surface area contributed by atoms with Crippen molar-refractivity contribution in [3.8, 4) is 0 Å². The van der Waals surface area contributed by atoms with Crippen molar-refractivity contribution in [2.75, 3.05) is 23.9 Å². The van der Waals surface area contributed by atoms with Gasteiger partial charge in [0.1, 0.15) is 5.82 Å². The van der Waals surface area contributed by atoms with Crippen LogP contribution < -0.4 is 15.8 Å². The molecule has 1 aromatic heterocycles. The number of nitrogens with one attached hydrogen (secondary N) is 2. The monoisotopic (exact) mass is 354 g/mol. The fraction of sp³-hybridized carbons (Fsp3) is 0.278. The van der Waals surface area contributed by atoms with Crippen molar-refractivity contribution < 1.29 is 0 Å². The Kier molecular flexibility index (Phi) is 4.28. The largest absolute Gasteiger partial charge is 0.373 e. The number of rotatable bonds is 4. The highest BCUT2D eigenvalue weighted by Crippen LogP contribution is 2.31. The van der Waals surface area contributed by atoms with Gasteiger partial charge in [0.25, 0.3) is 0 Å². The first kappa shape index (κ1) is 15.9. The van der Waals surface area contributed by atoms with Crippen molar-refractivity contribution in [2.24, 2.45) is 16.1 Å². The van der Waals surface area contributed by atoms with Gasteiger partial charge in [0, 0.05) is 48.5 Å². The Morgan fingerprint density at radius 2 is 2.16 bits per heavy atom. The summed E-state index contributed by atoms with van der Waals surface area (Å²) in [5.41, 5.74) is 6.19. The molecule has 2 aliphatic rings. The number of hydrogen-bond donors (Lipinski definition) is 2. The van der Waals surface area contributed by atoms with E-state index in [0.717, 1.165) is 40.8 Å². The normalized spacial score (nSPS) is 22.0. The molecular weight excluding hydrogens is 336 g/mol. The van der Waals surface area contributed by atoms with Crippen molar-refractivity contribution in [3.63, 3.8) is 0 Å². The van der Waals surface area contributed by atoms with E-state index in [1.165, 1.54) is 0 Å². The molecule has 3 heterocycles. The molecule has 2 aromatic rings. The second kappa shape index (κ2) is 6.72. The van der Waals surface area contributed by atoms with Crippen molar-refractivity contribution in [3.05, 3.63) is 53.2 Å². The molecule has 2 unspecified atom stereocenters. The second-order valence-electron chi connectivity index (χ2n) is 6.09. The van der Waals surface area contributed by atoms with E-state index in [9.17, 15) is 0 Å². The maximum Gasteiger partial charge on any atom is 0.127 e. The molecule has 1 aromatic carbocycles. The van der Waals surface area contributed by atoms with Gasteiger partial charge in [0.15, 0.2) is 0 Å². The van der Waals surface area contributed by atoms with Crippen LogP contribution in [0.1, 0.15) is 12.0 Å². The van der Waals surface area contributed by atoms with Gasteiger partial charge in [-0.3, -0.25) is 5.01 Å². The first-order valence-electron chi connectivity index (χ1n) is 8.28. The Balaban J connectivity index is 1.71. The zero-order valence-electron chi connectivity index (χ0n) is 13.9. The minimum atomic E-state index is 0.202. The molecule has 2 atom stereocenters. The number of benzene rings is 1. The minimum absolute atomic E-state index is 0.202. The zero-order chi connectivity index (χ0) is 17.2. The van der Waals surface area contributed by atoms with Gasteiger partial charge in [-0.15, -0.1) is 0 Å². The van der Waals surface area contributed by atoms with Crippen molar-refractivity contribution in [1.82, 2.24) is 10.4 Å². The van der Waals surface area contributed by atoms with Crippen LogP contribution in [0.4, 0.5) is 11.5 Å². The highest BCUT2D eigenvalue weighted by atomic mass is 35.5. The SMILES string of the molecule is CNc1cc(N2CC(C3CC=NN3)C(c3ccccc3Cl)=N2)ccn1. The van der Waals surface area contributed by atoms with Crippen LogP contribution in [-0.4, -0.2) is 36.5 Å². The van der Waals surface area contributed by atoms with Crippen LogP contribution in [0.15, 0.2) is 52.8 Å². The summed E-state index contributed by atoms with van der Waals surface area (Å²) >= 11 is 6.45. The first-order chi connectivity index (χ1) is 12.3. The lowest BCUT2D eigenvalue weighted by Crippen LogP contribution is -2.37. The van der Waals surface area contributed by atoms with Gasteiger partial charge in [0.05, 0.1) is 24.0 Å². The number of pyridine rings is 1.